The molecule has 0 unspecified atom stereocenters. The number of amides is 2. The molecule has 0 radical (unpaired) electrons. The molecule has 116 valence electrons. The molecule has 0 fully saturated rings. The van der Waals surface area contributed by atoms with Crippen LogP contribution in [0.4, 0.5) is 0 Å². The van der Waals surface area contributed by atoms with Gasteiger partial charge in [-0.1, -0.05) is 0 Å². The van der Waals surface area contributed by atoms with Crippen molar-refractivity contribution in [2.45, 2.75) is 20.4 Å². The van der Waals surface area contributed by atoms with E-state index in [1.165, 1.54) is 12.2 Å². The number of hydrazine groups is 1. The van der Waals surface area contributed by atoms with Gasteiger partial charge in [0.2, 0.25) is 0 Å². The highest BCUT2D eigenvalue weighted by Gasteiger charge is 2.07. The largest absolute Gasteiger partial charge is 0.450 e. The van der Waals surface area contributed by atoms with Crippen LogP contribution in [0.5, 0.6) is 0 Å². The zero-order chi connectivity index (χ0) is 16.1. The predicted molar refractivity (Wildman–Crippen MR) is 83.4 cm³/mol. The minimum Gasteiger partial charge on any atom is -0.450 e. The van der Waals surface area contributed by atoms with Crippen LogP contribution >= 0.6 is 15.9 Å². The van der Waals surface area contributed by atoms with Gasteiger partial charge in [-0.3, -0.25) is 25.1 Å². The van der Waals surface area contributed by atoms with Gasteiger partial charge in [0.1, 0.15) is 12.3 Å². The molecule has 0 bridgehead atoms. The summed E-state index contributed by atoms with van der Waals surface area (Å²) in [5, 5.41) is 4.17. The SMILES string of the molecule is Cc1cc(C)n(CC(=O)NNC(=O)/C=C/c2ccc(Br)o2)n1. The summed E-state index contributed by atoms with van der Waals surface area (Å²) in [6.45, 7) is 3.74. The van der Waals surface area contributed by atoms with Crippen molar-refractivity contribution in [3.63, 3.8) is 0 Å². The van der Waals surface area contributed by atoms with E-state index in [9.17, 15) is 9.59 Å². The van der Waals surface area contributed by atoms with E-state index in [0.29, 0.717) is 10.4 Å². The summed E-state index contributed by atoms with van der Waals surface area (Å²) in [4.78, 5) is 23.3. The third-order valence-electron chi connectivity index (χ3n) is 2.71. The van der Waals surface area contributed by atoms with Gasteiger partial charge in [0.15, 0.2) is 4.67 Å². The molecule has 8 heteroatoms. The Balaban J connectivity index is 1.79. The van der Waals surface area contributed by atoms with Crippen LogP contribution in [-0.2, 0) is 16.1 Å². The molecule has 2 aromatic rings. The average Bonchev–Trinajstić information content (AvgIpc) is 3.00. The molecule has 0 aromatic carbocycles. The number of nitrogens with zero attached hydrogens (tertiary/aromatic N) is 2. The lowest BCUT2D eigenvalue weighted by Crippen LogP contribution is -2.42. The third kappa shape index (κ3) is 4.59. The number of rotatable bonds is 4. The van der Waals surface area contributed by atoms with E-state index in [4.69, 9.17) is 4.42 Å². The normalized spacial score (nSPS) is 10.9. The molecule has 0 aliphatic rings. The summed E-state index contributed by atoms with van der Waals surface area (Å²) in [5.41, 5.74) is 6.32. The van der Waals surface area contributed by atoms with Crippen LogP contribution < -0.4 is 10.9 Å². The Morgan fingerprint density at radius 1 is 1.36 bits per heavy atom. The molecule has 2 aromatic heterocycles. The number of carbonyl (C=O) groups is 2. The molecule has 2 rings (SSSR count). The number of hydrogen-bond donors (Lipinski definition) is 2. The highest BCUT2D eigenvalue weighted by molar-refractivity contribution is 9.10. The van der Waals surface area contributed by atoms with E-state index in [-0.39, 0.29) is 12.5 Å². The number of aryl methyl sites for hydroxylation is 2. The van der Waals surface area contributed by atoms with Crippen LogP contribution in [0.2, 0.25) is 0 Å². The summed E-state index contributed by atoms with van der Waals surface area (Å²) < 4.78 is 7.34. The fourth-order valence-electron chi connectivity index (χ4n) is 1.76. The Kier molecular flexibility index (Phi) is 5.16. The van der Waals surface area contributed by atoms with Gasteiger partial charge < -0.3 is 4.42 Å². The lowest BCUT2D eigenvalue weighted by molar-refractivity contribution is -0.127. The van der Waals surface area contributed by atoms with Crippen molar-refractivity contribution in [2.75, 3.05) is 0 Å². The molecule has 0 saturated heterocycles. The van der Waals surface area contributed by atoms with E-state index in [2.05, 4.69) is 31.9 Å². The Labute approximate surface area is 135 Å². The maximum atomic E-state index is 11.7. The molecule has 2 amide bonds. The zero-order valence-corrected chi connectivity index (χ0v) is 13.7. The van der Waals surface area contributed by atoms with Gasteiger partial charge in [-0.15, -0.1) is 0 Å². The molecule has 0 saturated carbocycles. The molecular weight excluding hydrogens is 352 g/mol. The fraction of sp³-hybridized carbons (Fsp3) is 0.214. The Hall–Kier alpha value is -2.35. The average molecular weight is 367 g/mol. The number of nitrogens with one attached hydrogen (secondary N) is 2. The van der Waals surface area contributed by atoms with Crippen molar-refractivity contribution in [3.05, 3.63) is 46.1 Å². The Morgan fingerprint density at radius 3 is 2.73 bits per heavy atom. The number of carbonyl (C=O) groups excluding carboxylic acids is 2. The first-order valence-electron chi connectivity index (χ1n) is 6.47. The minimum atomic E-state index is -0.464. The van der Waals surface area contributed by atoms with Gasteiger partial charge in [-0.2, -0.15) is 5.10 Å². The molecule has 0 aliphatic carbocycles. The van der Waals surface area contributed by atoms with E-state index < -0.39 is 5.91 Å². The highest BCUT2D eigenvalue weighted by atomic mass is 79.9. The van der Waals surface area contributed by atoms with E-state index in [0.717, 1.165) is 11.4 Å². The molecule has 7 nitrogen and oxygen atoms in total. The molecule has 2 N–H and O–H groups in total. The van der Waals surface area contributed by atoms with Crippen molar-refractivity contribution in [1.29, 1.82) is 0 Å². The Bertz CT molecular complexity index is 717. The van der Waals surface area contributed by atoms with Crippen LogP contribution in [0, 0.1) is 13.8 Å². The standard InChI is InChI=1S/C14H15BrN4O3/c1-9-7-10(2)19(18-9)8-14(21)17-16-13(20)6-4-11-3-5-12(15)22-11/h3-7H,8H2,1-2H3,(H,16,20)(H,17,21)/b6-4+. The van der Waals surface area contributed by atoms with E-state index in [1.54, 1.807) is 16.8 Å². The summed E-state index contributed by atoms with van der Waals surface area (Å²) in [7, 11) is 0. The van der Waals surface area contributed by atoms with Crippen LogP contribution in [0.25, 0.3) is 6.08 Å². The summed E-state index contributed by atoms with van der Waals surface area (Å²) in [6.07, 6.45) is 2.75. The second-order valence-electron chi connectivity index (χ2n) is 4.60. The van der Waals surface area contributed by atoms with Crippen molar-refractivity contribution in [3.8, 4) is 0 Å². The van der Waals surface area contributed by atoms with Gasteiger partial charge in [0.25, 0.3) is 11.8 Å². The number of aromatic nitrogens is 2. The summed E-state index contributed by atoms with van der Waals surface area (Å²) in [5.74, 6) is -0.307. The van der Waals surface area contributed by atoms with Crippen molar-refractivity contribution in [2.24, 2.45) is 0 Å². The van der Waals surface area contributed by atoms with Gasteiger partial charge in [-0.05, 0) is 54.1 Å². The van der Waals surface area contributed by atoms with Crippen LogP contribution in [0.3, 0.4) is 0 Å². The predicted octanol–water partition coefficient (Wildman–Crippen LogP) is 1.72. The van der Waals surface area contributed by atoms with Crippen molar-refractivity contribution in [1.82, 2.24) is 20.6 Å². The Morgan fingerprint density at radius 2 is 2.14 bits per heavy atom. The summed E-state index contributed by atoms with van der Waals surface area (Å²) in [6, 6.07) is 5.29. The molecular formula is C14H15BrN4O3. The second-order valence-corrected chi connectivity index (χ2v) is 5.38. The first kappa shape index (κ1) is 16.0. The third-order valence-corrected chi connectivity index (χ3v) is 3.14. The highest BCUT2D eigenvalue weighted by Crippen LogP contribution is 2.14. The maximum Gasteiger partial charge on any atom is 0.262 e. The van der Waals surface area contributed by atoms with Gasteiger partial charge >= 0.3 is 0 Å². The molecule has 2 heterocycles. The number of halogens is 1. The lowest BCUT2D eigenvalue weighted by atomic mass is 10.4. The van der Waals surface area contributed by atoms with Gasteiger partial charge in [0, 0.05) is 11.8 Å². The summed E-state index contributed by atoms with van der Waals surface area (Å²) >= 11 is 3.16. The minimum absolute atomic E-state index is 0.0365. The number of hydrogen-bond acceptors (Lipinski definition) is 4. The van der Waals surface area contributed by atoms with Crippen LogP contribution in [0.15, 0.2) is 33.4 Å². The maximum absolute atomic E-state index is 11.7. The first-order valence-corrected chi connectivity index (χ1v) is 7.26. The van der Waals surface area contributed by atoms with Crippen LogP contribution in [-0.4, -0.2) is 21.6 Å². The first-order chi connectivity index (χ1) is 10.4. The fourth-order valence-corrected chi connectivity index (χ4v) is 2.08. The second kappa shape index (κ2) is 7.08. The molecule has 0 spiro atoms. The van der Waals surface area contributed by atoms with E-state index >= 15 is 0 Å². The molecule has 0 aliphatic heterocycles. The zero-order valence-electron chi connectivity index (χ0n) is 12.1. The smallest absolute Gasteiger partial charge is 0.262 e. The lowest BCUT2D eigenvalue weighted by Gasteiger charge is -2.06. The monoisotopic (exact) mass is 366 g/mol. The topological polar surface area (TPSA) is 89.2 Å². The van der Waals surface area contributed by atoms with Crippen molar-refractivity contribution < 1.29 is 14.0 Å². The van der Waals surface area contributed by atoms with Crippen LogP contribution in [0.1, 0.15) is 17.1 Å². The van der Waals surface area contributed by atoms with Gasteiger partial charge in [-0.25, -0.2) is 0 Å². The molecule has 22 heavy (non-hydrogen) atoms. The number of furan rings is 1. The molecule has 0 atom stereocenters. The van der Waals surface area contributed by atoms with Gasteiger partial charge in [0.05, 0.1) is 5.69 Å². The van der Waals surface area contributed by atoms with Crippen molar-refractivity contribution >= 4 is 33.8 Å². The quantitative estimate of drug-likeness (QED) is 0.636. The van der Waals surface area contributed by atoms with E-state index in [1.807, 2.05) is 19.9 Å².